The summed E-state index contributed by atoms with van der Waals surface area (Å²) in [5.41, 5.74) is 4.26. The lowest BCUT2D eigenvalue weighted by Gasteiger charge is -2.31. The van der Waals surface area contributed by atoms with Crippen molar-refractivity contribution in [1.82, 2.24) is 19.6 Å². The predicted octanol–water partition coefficient (Wildman–Crippen LogP) is 3.50. The molecule has 37 heavy (non-hydrogen) atoms. The summed E-state index contributed by atoms with van der Waals surface area (Å²) < 4.78 is 0. The zero-order chi connectivity index (χ0) is 26.0. The topological polar surface area (TPSA) is 47.1 Å². The number of Topliss-reactive ketones (excluding diaryl/α,β-unsaturated/α-hetero) is 2. The first kappa shape index (κ1) is 27.6. The van der Waals surface area contributed by atoms with Crippen LogP contribution in [0.4, 0.5) is 0 Å². The molecule has 2 aromatic carbocycles. The van der Waals surface area contributed by atoms with E-state index in [1.54, 1.807) is 0 Å². The van der Waals surface area contributed by atoms with Crippen LogP contribution in [0.1, 0.15) is 51.1 Å². The van der Waals surface area contributed by atoms with Gasteiger partial charge in [0.2, 0.25) is 0 Å². The zero-order valence-electron chi connectivity index (χ0n) is 22.8. The van der Waals surface area contributed by atoms with Gasteiger partial charge in [-0.2, -0.15) is 0 Å². The number of aryl methyl sites for hydroxylation is 2. The van der Waals surface area contributed by atoms with Gasteiger partial charge in [0, 0.05) is 63.5 Å². The number of hydrogen-bond acceptors (Lipinski definition) is 6. The van der Waals surface area contributed by atoms with Crippen LogP contribution in [0.2, 0.25) is 0 Å². The van der Waals surface area contributed by atoms with Crippen molar-refractivity contribution < 1.29 is 9.59 Å². The number of unbranched alkanes of at least 4 members (excludes halogenated alkanes) is 2. The number of rotatable bonds is 12. The van der Waals surface area contributed by atoms with Gasteiger partial charge in [-0.1, -0.05) is 55.0 Å². The van der Waals surface area contributed by atoms with Crippen molar-refractivity contribution in [3.05, 3.63) is 70.8 Å². The minimum absolute atomic E-state index is 0.225. The van der Waals surface area contributed by atoms with Crippen molar-refractivity contribution in [1.29, 1.82) is 0 Å². The molecule has 0 unspecified atom stereocenters. The first-order chi connectivity index (χ1) is 18.0. The maximum absolute atomic E-state index is 12.6. The third-order valence-corrected chi connectivity index (χ3v) is 7.91. The standard InChI is InChI=1S/C31H44N4O2/c1-32-16-20-34(21-17-32)24-30(36)28-12-8-26(9-13-28)6-4-3-5-7-27-10-14-29(15-11-27)31(37)25-35-22-18-33(2)19-23-35/h8-15H,3-7,16-25H2,1-2H3. The van der Waals surface area contributed by atoms with Gasteiger partial charge in [0.1, 0.15) is 0 Å². The molecule has 200 valence electrons. The highest BCUT2D eigenvalue weighted by atomic mass is 16.1. The molecule has 0 amide bonds. The largest absolute Gasteiger partial charge is 0.304 e. The lowest BCUT2D eigenvalue weighted by molar-refractivity contribution is 0.0869. The molecule has 2 heterocycles. The molecule has 0 spiro atoms. The highest BCUT2D eigenvalue weighted by Gasteiger charge is 2.18. The van der Waals surface area contributed by atoms with Crippen LogP contribution in [0.5, 0.6) is 0 Å². The maximum atomic E-state index is 12.6. The van der Waals surface area contributed by atoms with Gasteiger partial charge in [0.15, 0.2) is 11.6 Å². The van der Waals surface area contributed by atoms with Crippen LogP contribution in [-0.2, 0) is 12.8 Å². The fraction of sp³-hybridized carbons (Fsp3) is 0.548. The summed E-state index contributed by atoms with van der Waals surface area (Å²) in [5, 5.41) is 0. The Morgan fingerprint density at radius 3 is 1.24 bits per heavy atom. The Morgan fingerprint density at radius 2 is 0.892 bits per heavy atom. The van der Waals surface area contributed by atoms with Crippen molar-refractivity contribution in [2.24, 2.45) is 0 Å². The quantitative estimate of drug-likeness (QED) is 0.326. The van der Waals surface area contributed by atoms with E-state index >= 15 is 0 Å². The molecule has 2 aliphatic heterocycles. The summed E-state index contributed by atoms with van der Waals surface area (Å²) in [6.07, 6.45) is 5.57. The SMILES string of the molecule is CN1CCN(CC(=O)c2ccc(CCCCCc3ccc(C(=O)CN4CCN(C)CC4)cc3)cc2)CC1. The summed E-state index contributed by atoms with van der Waals surface area (Å²) >= 11 is 0. The monoisotopic (exact) mass is 504 g/mol. The number of benzene rings is 2. The average molecular weight is 505 g/mol. The molecule has 2 aromatic rings. The molecule has 2 fully saturated rings. The minimum Gasteiger partial charge on any atom is -0.304 e. The molecule has 0 bridgehead atoms. The van der Waals surface area contributed by atoms with Gasteiger partial charge in [-0.25, -0.2) is 0 Å². The summed E-state index contributed by atoms with van der Waals surface area (Å²) in [6.45, 7) is 9.08. The lowest BCUT2D eigenvalue weighted by Crippen LogP contribution is -2.46. The van der Waals surface area contributed by atoms with E-state index in [2.05, 4.69) is 58.0 Å². The molecule has 6 heteroatoms. The first-order valence-electron chi connectivity index (χ1n) is 14.0. The van der Waals surface area contributed by atoms with E-state index in [-0.39, 0.29) is 11.6 Å². The smallest absolute Gasteiger partial charge is 0.176 e. The second-order valence-corrected chi connectivity index (χ2v) is 11.0. The third-order valence-electron chi connectivity index (χ3n) is 7.91. The Bertz CT molecular complexity index is 907. The maximum Gasteiger partial charge on any atom is 0.176 e. The van der Waals surface area contributed by atoms with E-state index in [9.17, 15) is 9.59 Å². The van der Waals surface area contributed by atoms with Gasteiger partial charge < -0.3 is 9.80 Å². The van der Waals surface area contributed by atoms with Crippen LogP contribution in [0.3, 0.4) is 0 Å². The Labute approximate surface area is 223 Å². The number of nitrogens with zero attached hydrogens (tertiary/aromatic N) is 4. The van der Waals surface area contributed by atoms with Gasteiger partial charge >= 0.3 is 0 Å². The Balaban J connectivity index is 1.11. The Hall–Kier alpha value is -2.38. The number of hydrogen-bond donors (Lipinski definition) is 0. The van der Waals surface area contributed by atoms with Crippen LogP contribution in [0, 0.1) is 0 Å². The number of ketones is 2. The molecule has 4 rings (SSSR count). The highest BCUT2D eigenvalue weighted by molar-refractivity contribution is 5.98. The molecule has 2 saturated heterocycles. The van der Waals surface area contributed by atoms with E-state index in [1.165, 1.54) is 17.5 Å². The van der Waals surface area contributed by atoms with E-state index in [1.807, 2.05) is 24.3 Å². The predicted molar refractivity (Wildman–Crippen MR) is 151 cm³/mol. The number of carbonyl (C=O) groups excluding carboxylic acids is 2. The summed E-state index contributed by atoms with van der Waals surface area (Å²) in [7, 11) is 4.27. The molecule has 0 aliphatic carbocycles. The molecule has 0 saturated carbocycles. The van der Waals surface area contributed by atoms with Crippen LogP contribution in [0.15, 0.2) is 48.5 Å². The van der Waals surface area contributed by atoms with Crippen molar-refractivity contribution in [3.63, 3.8) is 0 Å². The van der Waals surface area contributed by atoms with E-state index in [4.69, 9.17) is 0 Å². The molecule has 0 aromatic heterocycles. The van der Waals surface area contributed by atoms with E-state index < -0.39 is 0 Å². The van der Waals surface area contributed by atoms with Crippen molar-refractivity contribution in [2.45, 2.75) is 32.1 Å². The normalized spacial score (nSPS) is 18.2. The average Bonchev–Trinajstić information content (AvgIpc) is 2.92. The molecular formula is C31H44N4O2. The van der Waals surface area contributed by atoms with Gasteiger partial charge in [0.05, 0.1) is 13.1 Å². The number of likely N-dealkylation sites (N-methyl/N-ethyl adjacent to an activating group) is 2. The van der Waals surface area contributed by atoms with E-state index in [0.717, 1.165) is 89.2 Å². The molecule has 0 atom stereocenters. The first-order valence-corrected chi connectivity index (χ1v) is 14.0. The second kappa shape index (κ2) is 14.0. The van der Waals surface area contributed by atoms with Crippen LogP contribution < -0.4 is 0 Å². The van der Waals surface area contributed by atoms with Gasteiger partial charge in [-0.3, -0.25) is 19.4 Å². The molecule has 0 radical (unpaired) electrons. The fourth-order valence-corrected chi connectivity index (χ4v) is 5.15. The van der Waals surface area contributed by atoms with Gasteiger partial charge in [-0.15, -0.1) is 0 Å². The van der Waals surface area contributed by atoms with Crippen LogP contribution >= 0.6 is 0 Å². The molecule has 6 nitrogen and oxygen atoms in total. The zero-order valence-corrected chi connectivity index (χ0v) is 22.8. The van der Waals surface area contributed by atoms with Crippen LogP contribution in [-0.4, -0.2) is 111 Å². The van der Waals surface area contributed by atoms with Crippen LogP contribution in [0.25, 0.3) is 0 Å². The number of piperazine rings is 2. The molecule has 0 N–H and O–H groups in total. The van der Waals surface area contributed by atoms with Crippen molar-refractivity contribution in [3.8, 4) is 0 Å². The van der Waals surface area contributed by atoms with Gasteiger partial charge in [0.25, 0.3) is 0 Å². The number of carbonyl (C=O) groups is 2. The summed E-state index contributed by atoms with van der Waals surface area (Å²) in [5.74, 6) is 0.450. The minimum atomic E-state index is 0.225. The van der Waals surface area contributed by atoms with Crippen molar-refractivity contribution >= 4 is 11.6 Å². The lowest BCUT2D eigenvalue weighted by atomic mass is 10.0. The summed E-state index contributed by atoms with van der Waals surface area (Å²) in [6, 6.07) is 16.5. The molecule has 2 aliphatic rings. The van der Waals surface area contributed by atoms with Crippen molar-refractivity contribution in [2.75, 3.05) is 79.5 Å². The second-order valence-electron chi connectivity index (χ2n) is 11.0. The highest BCUT2D eigenvalue weighted by Crippen LogP contribution is 2.14. The fourth-order valence-electron chi connectivity index (χ4n) is 5.15. The Morgan fingerprint density at radius 1 is 0.541 bits per heavy atom. The Kier molecular flexibility index (Phi) is 10.4. The molecular weight excluding hydrogens is 460 g/mol. The summed E-state index contributed by atoms with van der Waals surface area (Å²) in [4.78, 5) is 34.4. The van der Waals surface area contributed by atoms with Gasteiger partial charge in [-0.05, 0) is 50.9 Å². The van der Waals surface area contributed by atoms with E-state index in [0.29, 0.717) is 13.1 Å². The third kappa shape index (κ3) is 8.85.